The predicted octanol–water partition coefficient (Wildman–Crippen LogP) is 3.05. The third-order valence-corrected chi connectivity index (χ3v) is 5.06. The van der Waals surface area contributed by atoms with Gasteiger partial charge in [0.05, 0.1) is 5.92 Å². The van der Waals surface area contributed by atoms with Gasteiger partial charge in [-0.2, -0.15) is 0 Å². The lowest BCUT2D eigenvalue weighted by Crippen LogP contribution is -2.40. The Morgan fingerprint density at radius 2 is 2.15 bits per heavy atom. The molecule has 1 aliphatic rings. The summed E-state index contributed by atoms with van der Waals surface area (Å²) in [6.45, 7) is 6.77. The molecule has 0 aliphatic carbocycles. The van der Waals surface area contributed by atoms with Gasteiger partial charge < -0.3 is 10.6 Å². The summed E-state index contributed by atoms with van der Waals surface area (Å²) in [7, 11) is 0. The van der Waals surface area contributed by atoms with E-state index < -0.39 is 0 Å². The molecule has 1 saturated heterocycles. The molecule has 0 bridgehead atoms. The summed E-state index contributed by atoms with van der Waals surface area (Å²) in [6.07, 6.45) is 0.951. The third kappa shape index (κ3) is 4.79. The smallest absolute Gasteiger partial charge is 0.224 e. The largest absolute Gasteiger partial charge is 0.354 e. The van der Waals surface area contributed by atoms with Crippen molar-refractivity contribution in [3.8, 4) is 0 Å². The Balaban J connectivity index is 1.83. The van der Waals surface area contributed by atoms with Crippen LogP contribution in [0.4, 0.5) is 0 Å². The quantitative estimate of drug-likeness (QED) is 0.796. The average Bonchev–Trinajstić information content (AvgIpc) is 2.93. The van der Waals surface area contributed by atoms with Crippen molar-refractivity contribution in [1.29, 1.82) is 0 Å². The van der Waals surface area contributed by atoms with Gasteiger partial charge in [-0.15, -0.1) is 11.8 Å². The van der Waals surface area contributed by atoms with E-state index in [0.29, 0.717) is 6.54 Å². The minimum atomic E-state index is -0.0183. The van der Waals surface area contributed by atoms with Crippen LogP contribution in [-0.4, -0.2) is 30.3 Å². The third-order valence-electron chi connectivity index (χ3n) is 3.33. The van der Waals surface area contributed by atoms with E-state index in [0.717, 1.165) is 24.0 Å². The molecule has 5 heteroatoms. The molecule has 110 valence electrons. The van der Waals surface area contributed by atoms with Gasteiger partial charge in [-0.25, -0.2) is 0 Å². The van der Waals surface area contributed by atoms with E-state index in [-0.39, 0.29) is 16.6 Å². The van der Waals surface area contributed by atoms with Crippen LogP contribution in [-0.2, 0) is 4.79 Å². The van der Waals surface area contributed by atoms with Crippen molar-refractivity contribution < 1.29 is 4.79 Å². The standard InChI is InChI=1S/C15H21BrN2OS/c1-15(2,20-13-5-3-12(16)4-6-13)10-18-14(19)11-7-8-17-9-11/h3-6,11,17H,7-10H2,1-2H3,(H,18,19). The van der Waals surface area contributed by atoms with Crippen LogP contribution in [0, 0.1) is 5.92 Å². The summed E-state index contributed by atoms with van der Waals surface area (Å²) in [5, 5.41) is 6.31. The number of rotatable bonds is 5. The summed E-state index contributed by atoms with van der Waals surface area (Å²) in [4.78, 5) is 13.2. The van der Waals surface area contributed by atoms with Gasteiger partial charge in [0, 0.05) is 27.2 Å². The Morgan fingerprint density at radius 3 is 2.75 bits per heavy atom. The van der Waals surface area contributed by atoms with Crippen molar-refractivity contribution in [2.75, 3.05) is 19.6 Å². The SMILES string of the molecule is CC(C)(CNC(=O)C1CCNC1)Sc1ccc(Br)cc1. The van der Waals surface area contributed by atoms with Crippen LogP contribution in [0.15, 0.2) is 33.6 Å². The van der Waals surface area contributed by atoms with Crippen LogP contribution in [0.5, 0.6) is 0 Å². The van der Waals surface area contributed by atoms with Crippen LogP contribution in [0.2, 0.25) is 0 Å². The normalized spacial score (nSPS) is 19.1. The highest BCUT2D eigenvalue weighted by Gasteiger charge is 2.25. The van der Waals surface area contributed by atoms with Crippen molar-refractivity contribution in [3.63, 3.8) is 0 Å². The van der Waals surface area contributed by atoms with Gasteiger partial charge in [-0.3, -0.25) is 4.79 Å². The molecule has 20 heavy (non-hydrogen) atoms. The van der Waals surface area contributed by atoms with E-state index in [1.54, 1.807) is 11.8 Å². The maximum atomic E-state index is 12.0. The van der Waals surface area contributed by atoms with E-state index in [4.69, 9.17) is 0 Å². The molecular formula is C15H21BrN2OS. The van der Waals surface area contributed by atoms with Crippen molar-refractivity contribution in [2.24, 2.45) is 5.92 Å². The summed E-state index contributed by atoms with van der Waals surface area (Å²) in [6, 6.07) is 8.28. The fourth-order valence-electron chi connectivity index (χ4n) is 2.18. The van der Waals surface area contributed by atoms with Gasteiger partial charge in [-0.05, 0) is 51.1 Å². The number of carbonyl (C=O) groups is 1. The molecule has 1 atom stereocenters. The highest BCUT2D eigenvalue weighted by atomic mass is 79.9. The fourth-order valence-corrected chi connectivity index (χ4v) is 3.50. The van der Waals surface area contributed by atoms with Crippen molar-refractivity contribution >= 4 is 33.6 Å². The topological polar surface area (TPSA) is 41.1 Å². The van der Waals surface area contributed by atoms with Crippen LogP contribution >= 0.6 is 27.7 Å². The molecule has 0 spiro atoms. The number of carbonyl (C=O) groups excluding carboxylic acids is 1. The maximum Gasteiger partial charge on any atom is 0.224 e. The monoisotopic (exact) mass is 356 g/mol. The Morgan fingerprint density at radius 1 is 1.45 bits per heavy atom. The first-order valence-corrected chi connectivity index (χ1v) is 8.50. The van der Waals surface area contributed by atoms with Crippen LogP contribution < -0.4 is 10.6 Å². The van der Waals surface area contributed by atoms with E-state index in [2.05, 4.69) is 52.5 Å². The number of hydrogen-bond donors (Lipinski definition) is 2. The summed E-state index contributed by atoms with van der Waals surface area (Å²) in [5.41, 5.74) is 0. The van der Waals surface area contributed by atoms with Crippen molar-refractivity contribution in [3.05, 3.63) is 28.7 Å². The molecule has 1 aliphatic heterocycles. The van der Waals surface area contributed by atoms with E-state index >= 15 is 0 Å². The molecule has 2 rings (SSSR count). The van der Waals surface area contributed by atoms with Crippen LogP contribution in [0.1, 0.15) is 20.3 Å². The predicted molar refractivity (Wildman–Crippen MR) is 88.1 cm³/mol. The minimum absolute atomic E-state index is 0.0183. The second-order valence-corrected chi connectivity index (χ2v) is 8.42. The molecule has 3 nitrogen and oxygen atoms in total. The number of nitrogens with one attached hydrogen (secondary N) is 2. The van der Waals surface area contributed by atoms with E-state index in [9.17, 15) is 4.79 Å². The Kier molecular flexibility index (Phi) is 5.52. The second-order valence-electron chi connectivity index (χ2n) is 5.72. The lowest BCUT2D eigenvalue weighted by molar-refractivity contribution is -0.124. The van der Waals surface area contributed by atoms with E-state index in [1.807, 2.05) is 12.1 Å². The average molecular weight is 357 g/mol. The first-order chi connectivity index (χ1) is 9.46. The highest BCUT2D eigenvalue weighted by molar-refractivity contribution is 9.10. The molecule has 0 aromatic heterocycles. The van der Waals surface area contributed by atoms with Crippen LogP contribution in [0.3, 0.4) is 0 Å². The zero-order chi connectivity index (χ0) is 14.6. The Hall–Kier alpha value is -0.520. The van der Waals surface area contributed by atoms with Gasteiger partial charge in [0.15, 0.2) is 0 Å². The molecular weight excluding hydrogens is 336 g/mol. The van der Waals surface area contributed by atoms with E-state index in [1.165, 1.54) is 4.90 Å². The fraction of sp³-hybridized carbons (Fsp3) is 0.533. The first-order valence-electron chi connectivity index (χ1n) is 6.89. The Bertz CT molecular complexity index is 455. The second kappa shape index (κ2) is 6.96. The molecule has 0 radical (unpaired) electrons. The number of thioether (sulfide) groups is 1. The lowest BCUT2D eigenvalue weighted by Gasteiger charge is -2.25. The lowest BCUT2D eigenvalue weighted by atomic mass is 10.1. The summed E-state index contributed by atoms with van der Waals surface area (Å²) < 4.78 is 1.07. The molecule has 1 aromatic rings. The molecule has 1 heterocycles. The molecule has 1 aromatic carbocycles. The zero-order valence-electron chi connectivity index (χ0n) is 11.9. The zero-order valence-corrected chi connectivity index (χ0v) is 14.3. The van der Waals surface area contributed by atoms with Crippen molar-refractivity contribution in [2.45, 2.75) is 29.9 Å². The molecule has 1 amide bonds. The minimum Gasteiger partial charge on any atom is -0.354 e. The van der Waals surface area contributed by atoms with Crippen LogP contribution in [0.25, 0.3) is 0 Å². The van der Waals surface area contributed by atoms with Gasteiger partial charge in [0.1, 0.15) is 0 Å². The number of halogens is 1. The highest BCUT2D eigenvalue weighted by Crippen LogP contribution is 2.32. The Labute approximate surface area is 133 Å². The van der Waals surface area contributed by atoms with Gasteiger partial charge in [0.2, 0.25) is 5.91 Å². The molecule has 1 unspecified atom stereocenters. The van der Waals surface area contributed by atoms with Gasteiger partial charge in [0.25, 0.3) is 0 Å². The first kappa shape index (κ1) is 15.9. The number of benzene rings is 1. The maximum absolute atomic E-state index is 12.0. The molecule has 0 saturated carbocycles. The van der Waals surface area contributed by atoms with Gasteiger partial charge in [-0.1, -0.05) is 15.9 Å². The molecule has 2 N–H and O–H groups in total. The number of hydrogen-bond acceptors (Lipinski definition) is 3. The number of amides is 1. The summed E-state index contributed by atoms with van der Waals surface area (Å²) >= 11 is 5.23. The molecule has 1 fully saturated rings. The van der Waals surface area contributed by atoms with Gasteiger partial charge >= 0.3 is 0 Å². The van der Waals surface area contributed by atoms with Crippen molar-refractivity contribution in [1.82, 2.24) is 10.6 Å². The summed E-state index contributed by atoms with van der Waals surface area (Å²) in [5.74, 6) is 0.322.